The van der Waals surface area contributed by atoms with Crippen molar-refractivity contribution in [1.29, 1.82) is 0 Å². The summed E-state index contributed by atoms with van der Waals surface area (Å²) in [6.07, 6.45) is 1.04. The molecular weight excluding hydrogens is 350 g/mol. The lowest BCUT2D eigenvalue weighted by molar-refractivity contribution is 0.0428. The minimum Gasteiger partial charge on any atom is -0.463 e. The predicted octanol–water partition coefficient (Wildman–Crippen LogP) is 3.56. The molecular formula is C20H26ClN3O2. The number of nitrogens with zero attached hydrogens (tertiary/aromatic N) is 1. The molecule has 5 nitrogen and oxygen atoms in total. The molecule has 0 aliphatic heterocycles. The van der Waals surface area contributed by atoms with Crippen molar-refractivity contribution in [2.75, 3.05) is 13.1 Å². The normalized spacial score (nSPS) is 22.0. The molecule has 0 saturated heterocycles. The number of hydrogen-bond donors (Lipinski definition) is 3. The van der Waals surface area contributed by atoms with E-state index in [0.29, 0.717) is 23.7 Å². The molecule has 0 spiro atoms. The number of furan rings is 1. The van der Waals surface area contributed by atoms with Gasteiger partial charge in [0, 0.05) is 23.5 Å². The molecule has 0 radical (unpaired) electrons. The van der Waals surface area contributed by atoms with Gasteiger partial charge in [0.15, 0.2) is 5.96 Å². The van der Waals surface area contributed by atoms with Crippen molar-refractivity contribution >= 4 is 17.6 Å². The third kappa shape index (κ3) is 4.59. The molecule has 0 amide bonds. The molecule has 1 saturated carbocycles. The zero-order valence-electron chi connectivity index (χ0n) is 15.4. The molecule has 2 aromatic rings. The van der Waals surface area contributed by atoms with Gasteiger partial charge < -0.3 is 20.2 Å². The fraction of sp³-hybridized carbons (Fsp3) is 0.450. The summed E-state index contributed by atoms with van der Waals surface area (Å²) in [5, 5.41) is 18.1. The van der Waals surface area contributed by atoms with Crippen LogP contribution in [0.2, 0.25) is 5.02 Å². The van der Waals surface area contributed by atoms with E-state index in [1.54, 1.807) is 13.0 Å². The lowest BCUT2D eigenvalue weighted by Crippen LogP contribution is -2.40. The summed E-state index contributed by atoms with van der Waals surface area (Å²) >= 11 is 6.09. The van der Waals surface area contributed by atoms with Gasteiger partial charge in [-0.25, -0.2) is 4.99 Å². The molecule has 3 rings (SSSR count). The number of guanidine groups is 1. The maximum atomic E-state index is 10.7. The van der Waals surface area contributed by atoms with Crippen LogP contribution in [0.4, 0.5) is 0 Å². The van der Waals surface area contributed by atoms with Crippen molar-refractivity contribution in [3.05, 3.63) is 58.5 Å². The lowest BCUT2D eigenvalue weighted by Gasteiger charge is -2.19. The Morgan fingerprint density at radius 1 is 1.38 bits per heavy atom. The molecule has 1 aromatic carbocycles. The van der Waals surface area contributed by atoms with E-state index in [2.05, 4.69) is 21.7 Å². The van der Waals surface area contributed by atoms with E-state index in [-0.39, 0.29) is 6.54 Å². The topological polar surface area (TPSA) is 69.8 Å². The highest BCUT2D eigenvalue weighted by molar-refractivity contribution is 6.30. The molecule has 3 N–H and O–H groups in total. The highest BCUT2D eigenvalue weighted by Crippen LogP contribution is 2.41. The standard InChI is InChI=1S/C20H26ClN3O2/c1-4-22-19(23-12-20(3,25)18-9-8-13(2)26-18)24-17-11-16(17)14-6-5-7-15(21)10-14/h5-10,16-17,25H,4,11-12H2,1-3H3,(H2,22,23,24). The van der Waals surface area contributed by atoms with Crippen LogP contribution in [-0.4, -0.2) is 30.2 Å². The number of rotatable bonds is 6. The first-order valence-corrected chi connectivity index (χ1v) is 9.36. The zero-order chi connectivity index (χ0) is 18.7. The van der Waals surface area contributed by atoms with Crippen LogP contribution in [-0.2, 0) is 5.60 Å². The highest BCUT2D eigenvalue weighted by atomic mass is 35.5. The molecule has 1 aliphatic carbocycles. The van der Waals surface area contributed by atoms with Crippen LogP contribution >= 0.6 is 11.6 Å². The smallest absolute Gasteiger partial charge is 0.191 e. The van der Waals surface area contributed by atoms with Gasteiger partial charge in [0.25, 0.3) is 0 Å². The number of aliphatic imine (C=N–C) groups is 1. The molecule has 26 heavy (non-hydrogen) atoms. The third-order valence-electron chi connectivity index (χ3n) is 4.55. The summed E-state index contributed by atoms with van der Waals surface area (Å²) in [5.41, 5.74) is 0.0934. The maximum absolute atomic E-state index is 10.7. The molecule has 1 heterocycles. The summed E-state index contributed by atoms with van der Waals surface area (Å²) in [6.45, 7) is 6.56. The summed E-state index contributed by atoms with van der Waals surface area (Å²) in [6, 6.07) is 11.9. The molecule has 1 fully saturated rings. The summed E-state index contributed by atoms with van der Waals surface area (Å²) < 4.78 is 5.55. The average molecular weight is 376 g/mol. The van der Waals surface area contributed by atoms with E-state index in [1.807, 2.05) is 38.1 Å². The van der Waals surface area contributed by atoms with E-state index in [9.17, 15) is 5.11 Å². The van der Waals surface area contributed by atoms with Gasteiger partial charge in [-0.15, -0.1) is 0 Å². The second-order valence-electron chi connectivity index (χ2n) is 7.03. The van der Waals surface area contributed by atoms with Gasteiger partial charge in [-0.2, -0.15) is 0 Å². The molecule has 3 atom stereocenters. The van der Waals surface area contributed by atoms with Gasteiger partial charge in [-0.05, 0) is 57.0 Å². The van der Waals surface area contributed by atoms with E-state index >= 15 is 0 Å². The molecule has 1 aliphatic rings. The maximum Gasteiger partial charge on any atom is 0.191 e. The molecule has 0 bridgehead atoms. The van der Waals surface area contributed by atoms with Crippen molar-refractivity contribution in [1.82, 2.24) is 10.6 Å². The summed E-state index contributed by atoms with van der Waals surface area (Å²) in [5.74, 6) is 2.44. The van der Waals surface area contributed by atoms with Crippen LogP contribution in [0, 0.1) is 6.92 Å². The number of halogens is 1. The Balaban J connectivity index is 1.63. The van der Waals surface area contributed by atoms with Crippen molar-refractivity contribution < 1.29 is 9.52 Å². The summed E-state index contributed by atoms with van der Waals surface area (Å²) in [4.78, 5) is 4.55. The number of aliphatic hydroxyl groups is 1. The summed E-state index contributed by atoms with van der Waals surface area (Å²) in [7, 11) is 0. The largest absolute Gasteiger partial charge is 0.463 e. The first-order chi connectivity index (χ1) is 12.4. The number of nitrogens with one attached hydrogen (secondary N) is 2. The number of benzene rings is 1. The fourth-order valence-electron chi connectivity index (χ4n) is 2.99. The first kappa shape index (κ1) is 18.8. The Morgan fingerprint density at radius 2 is 2.19 bits per heavy atom. The Morgan fingerprint density at radius 3 is 2.85 bits per heavy atom. The van der Waals surface area contributed by atoms with E-state index in [4.69, 9.17) is 16.0 Å². The number of aryl methyl sites for hydroxylation is 1. The van der Waals surface area contributed by atoms with E-state index in [1.165, 1.54) is 5.56 Å². The van der Waals surface area contributed by atoms with Crippen LogP contribution in [0.15, 0.2) is 45.8 Å². The Hall–Kier alpha value is -1.98. The second-order valence-corrected chi connectivity index (χ2v) is 7.46. The molecule has 3 unspecified atom stereocenters. The zero-order valence-corrected chi connectivity index (χ0v) is 16.2. The molecule has 6 heteroatoms. The van der Waals surface area contributed by atoms with Crippen molar-refractivity contribution in [2.24, 2.45) is 4.99 Å². The molecule has 140 valence electrons. The van der Waals surface area contributed by atoms with Crippen molar-refractivity contribution in [3.8, 4) is 0 Å². The first-order valence-electron chi connectivity index (χ1n) is 8.98. The quantitative estimate of drug-likeness (QED) is 0.533. The second kappa shape index (κ2) is 7.72. The van der Waals surface area contributed by atoms with Gasteiger partial charge in [0.1, 0.15) is 17.1 Å². The van der Waals surface area contributed by atoms with Crippen LogP contribution in [0.5, 0.6) is 0 Å². The lowest BCUT2D eigenvalue weighted by atomic mass is 10.0. The van der Waals surface area contributed by atoms with Crippen molar-refractivity contribution in [2.45, 2.75) is 44.8 Å². The van der Waals surface area contributed by atoms with E-state index in [0.717, 1.165) is 23.7 Å². The molecule has 1 aromatic heterocycles. The van der Waals surface area contributed by atoms with Gasteiger partial charge in [-0.1, -0.05) is 23.7 Å². The number of hydrogen-bond acceptors (Lipinski definition) is 3. The highest BCUT2D eigenvalue weighted by Gasteiger charge is 2.39. The minimum absolute atomic E-state index is 0.212. The van der Waals surface area contributed by atoms with Gasteiger partial charge in [0.05, 0.1) is 6.54 Å². The Labute approximate surface area is 159 Å². The Kier molecular flexibility index (Phi) is 5.58. The van der Waals surface area contributed by atoms with Crippen LogP contribution in [0.1, 0.15) is 43.3 Å². The van der Waals surface area contributed by atoms with Crippen LogP contribution in [0.25, 0.3) is 0 Å². The van der Waals surface area contributed by atoms with Gasteiger partial charge >= 0.3 is 0 Å². The SMILES string of the molecule is CCNC(=NCC(C)(O)c1ccc(C)o1)NC1CC1c1cccc(Cl)c1. The minimum atomic E-state index is -1.15. The van der Waals surface area contributed by atoms with Gasteiger partial charge in [-0.3, -0.25) is 0 Å². The third-order valence-corrected chi connectivity index (χ3v) is 4.78. The predicted molar refractivity (Wildman–Crippen MR) is 105 cm³/mol. The Bertz CT molecular complexity index is 785. The average Bonchev–Trinajstić information content (AvgIpc) is 3.22. The van der Waals surface area contributed by atoms with E-state index < -0.39 is 5.60 Å². The van der Waals surface area contributed by atoms with Gasteiger partial charge in [0.2, 0.25) is 0 Å². The van der Waals surface area contributed by atoms with Crippen molar-refractivity contribution in [3.63, 3.8) is 0 Å². The van der Waals surface area contributed by atoms with Crippen LogP contribution in [0.3, 0.4) is 0 Å². The monoisotopic (exact) mass is 375 g/mol. The van der Waals surface area contributed by atoms with Crippen LogP contribution < -0.4 is 10.6 Å². The fourth-order valence-corrected chi connectivity index (χ4v) is 3.19.